The number of nitrogens with zero attached hydrogens (tertiary/aromatic N) is 2. The zero-order valence-electron chi connectivity index (χ0n) is 13.8. The van der Waals surface area contributed by atoms with Crippen LogP contribution in [0.5, 0.6) is 5.75 Å². The van der Waals surface area contributed by atoms with Crippen LogP contribution in [0.4, 0.5) is 0 Å². The van der Waals surface area contributed by atoms with Crippen molar-refractivity contribution in [3.8, 4) is 5.75 Å². The minimum atomic E-state index is -0.317. The molecule has 0 saturated carbocycles. The van der Waals surface area contributed by atoms with E-state index in [0.717, 1.165) is 15.6 Å². The number of halogens is 1. The number of rotatable bonds is 6. The fourth-order valence-electron chi connectivity index (χ4n) is 2.18. The molecule has 5 nitrogen and oxygen atoms in total. The molecule has 1 N–H and O–H groups in total. The normalized spacial score (nSPS) is 10.7. The van der Waals surface area contributed by atoms with Crippen molar-refractivity contribution in [2.24, 2.45) is 5.10 Å². The lowest BCUT2D eigenvalue weighted by molar-refractivity contribution is 0.0954. The number of pyridine rings is 1. The number of hydrazone groups is 1. The van der Waals surface area contributed by atoms with Crippen molar-refractivity contribution in [3.63, 3.8) is 0 Å². The number of hydrogen-bond donors (Lipinski definition) is 1. The Balaban J connectivity index is 1.63. The van der Waals surface area contributed by atoms with Crippen molar-refractivity contribution < 1.29 is 9.53 Å². The van der Waals surface area contributed by atoms with Gasteiger partial charge in [0.15, 0.2) is 0 Å². The minimum Gasteiger partial charge on any atom is -0.488 e. The highest BCUT2D eigenvalue weighted by atomic mass is 79.9. The standard InChI is InChI=1S/C20H16BrN3O2/c21-18-9-7-15(8-10-18)14-26-19-6-2-1-4-16(19)13-23-24-20(25)17-5-3-11-22-12-17/h1-13H,14H2,(H,24,25). The summed E-state index contributed by atoms with van der Waals surface area (Å²) in [6, 6.07) is 18.8. The molecule has 26 heavy (non-hydrogen) atoms. The molecule has 1 heterocycles. The molecule has 0 bridgehead atoms. The Morgan fingerprint density at radius 2 is 1.92 bits per heavy atom. The molecule has 0 fully saturated rings. The van der Waals surface area contributed by atoms with Gasteiger partial charge in [-0.2, -0.15) is 5.10 Å². The van der Waals surface area contributed by atoms with Crippen LogP contribution < -0.4 is 10.2 Å². The van der Waals surface area contributed by atoms with E-state index < -0.39 is 0 Å². The van der Waals surface area contributed by atoms with Gasteiger partial charge in [-0.1, -0.05) is 40.2 Å². The zero-order valence-corrected chi connectivity index (χ0v) is 15.4. The largest absolute Gasteiger partial charge is 0.488 e. The fourth-order valence-corrected chi connectivity index (χ4v) is 2.45. The van der Waals surface area contributed by atoms with Crippen LogP contribution in [0.25, 0.3) is 0 Å². The van der Waals surface area contributed by atoms with Gasteiger partial charge in [0.2, 0.25) is 0 Å². The van der Waals surface area contributed by atoms with E-state index in [4.69, 9.17) is 4.74 Å². The Labute approximate surface area is 159 Å². The van der Waals surface area contributed by atoms with Gasteiger partial charge in [-0.15, -0.1) is 0 Å². The average molecular weight is 410 g/mol. The smallest absolute Gasteiger partial charge is 0.272 e. The van der Waals surface area contributed by atoms with E-state index in [1.54, 1.807) is 24.5 Å². The summed E-state index contributed by atoms with van der Waals surface area (Å²) in [6.45, 7) is 0.445. The van der Waals surface area contributed by atoms with Crippen LogP contribution in [0.15, 0.2) is 82.6 Å². The molecule has 0 aliphatic rings. The molecule has 0 spiro atoms. The van der Waals surface area contributed by atoms with Gasteiger partial charge in [0.25, 0.3) is 5.91 Å². The van der Waals surface area contributed by atoms with E-state index in [1.807, 2.05) is 48.5 Å². The van der Waals surface area contributed by atoms with Gasteiger partial charge in [-0.05, 0) is 42.0 Å². The van der Waals surface area contributed by atoms with Crippen LogP contribution in [0.3, 0.4) is 0 Å². The number of carbonyl (C=O) groups excluding carboxylic acids is 1. The average Bonchev–Trinajstić information content (AvgIpc) is 2.69. The molecule has 0 unspecified atom stereocenters. The van der Waals surface area contributed by atoms with Crippen LogP contribution in [0.1, 0.15) is 21.5 Å². The van der Waals surface area contributed by atoms with Gasteiger partial charge >= 0.3 is 0 Å². The Morgan fingerprint density at radius 1 is 1.12 bits per heavy atom. The van der Waals surface area contributed by atoms with E-state index in [1.165, 1.54) is 6.20 Å². The molecular formula is C20H16BrN3O2. The maximum absolute atomic E-state index is 12.0. The quantitative estimate of drug-likeness (QED) is 0.490. The van der Waals surface area contributed by atoms with Crippen LogP contribution in [-0.2, 0) is 6.61 Å². The van der Waals surface area contributed by atoms with Crippen molar-refractivity contribution in [2.45, 2.75) is 6.61 Å². The second kappa shape index (κ2) is 8.92. The predicted molar refractivity (Wildman–Crippen MR) is 104 cm³/mol. The molecule has 1 amide bonds. The Hall–Kier alpha value is -2.99. The third kappa shape index (κ3) is 5.00. The summed E-state index contributed by atoms with van der Waals surface area (Å²) in [5.74, 6) is 0.373. The Morgan fingerprint density at radius 3 is 2.69 bits per heavy atom. The Kier molecular flexibility index (Phi) is 6.11. The van der Waals surface area contributed by atoms with Crippen molar-refractivity contribution in [3.05, 3.63) is 94.2 Å². The molecular weight excluding hydrogens is 394 g/mol. The molecule has 0 atom stereocenters. The number of aromatic nitrogens is 1. The van der Waals surface area contributed by atoms with Gasteiger partial charge in [-0.3, -0.25) is 9.78 Å². The van der Waals surface area contributed by atoms with Crippen LogP contribution in [0.2, 0.25) is 0 Å². The highest BCUT2D eigenvalue weighted by Gasteiger charge is 2.04. The number of ether oxygens (including phenoxy) is 1. The number of carbonyl (C=O) groups is 1. The molecule has 3 aromatic rings. The van der Waals surface area contributed by atoms with E-state index in [0.29, 0.717) is 17.9 Å². The number of hydrogen-bond acceptors (Lipinski definition) is 4. The van der Waals surface area contributed by atoms with Gasteiger partial charge in [-0.25, -0.2) is 5.43 Å². The van der Waals surface area contributed by atoms with Gasteiger partial charge in [0.05, 0.1) is 11.8 Å². The molecule has 0 saturated heterocycles. The molecule has 0 radical (unpaired) electrons. The lowest BCUT2D eigenvalue weighted by atomic mass is 10.2. The zero-order chi connectivity index (χ0) is 18.2. The van der Waals surface area contributed by atoms with Crippen LogP contribution in [0, 0.1) is 0 Å². The second-order valence-electron chi connectivity index (χ2n) is 5.39. The molecule has 1 aromatic heterocycles. The fraction of sp³-hybridized carbons (Fsp3) is 0.0500. The second-order valence-corrected chi connectivity index (χ2v) is 6.31. The predicted octanol–water partition coefficient (Wildman–Crippen LogP) is 4.19. The summed E-state index contributed by atoms with van der Waals surface area (Å²) in [6.07, 6.45) is 4.66. The van der Waals surface area contributed by atoms with Gasteiger partial charge in [0.1, 0.15) is 12.4 Å². The molecule has 2 aromatic carbocycles. The summed E-state index contributed by atoms with van der Waals surface area (Å²) in [4.78, 5) is 15.9. The van der Waals surface area contributed by atoms with Crippen LogP contribution in [-0.4, -0.2) is 17.1 Å². The van der Waals surface area contributed by atoms with E-state index >= 15 is 0 Å². The maximum atomic E-state index is 12.0. The summed E-state index contributed by atoms with van der Waals surface area (Å²) >= 11 is 3.41. The maximum Gasteiger partial charge on any atom is 0.272 e. The molecule has 0 aliphatic heterocycles. The summed E-state index contributed by atoms with van der Waals surface area (Å²) < 4.78 is 6.90. The van der Waals surface area contributed by atoms with Gasteiger partial charge in [0, 0.05) is 22.4 Å². The summed E-state index contributed by atoms with van der Waals surface area (Å²) in [5.41, 5.74) is 4.77. The van der Waals surface area contributed by atoms with E-state index in [-0.39, 0.29) is 5.91 Å². The lowest BCUT2D eigenvalue weighted by Gasteiger charge is -2.09. The summed E-state index contributed by atoms with van der Waals surface area (Å²) in [5, 5.41) is 4.01. The first-order valence-electron chi connectivity index (χ1n) is 7.92. The number of para-hydroxylation sites is 1. The molecule has 3 rings (SSSR count). The first-order valence-corrected chi connectivity index (χ1v) is 8.71. The number of amides is 1. The lowest BCUT2D eigenvalue weighted by Crippen LogP contribution is -2.17. The number of benzene rings is 2. The monoisotopic (exact) mass is 409 g/mol. The first-order chi connectivity index (χ1) is 12.7. The summed E-state index contributed by atoms with van der Waals surface area (Å²) in [7, 11) is 0. The van der Waals surface area contributed by atoms with E-state index in [2.05, 4.69) is 31.4 Å². The minimum absolute atomic E-state index is 0.317. The third-order valence-electron chi connectivity index (χ3n) is 3.52. The molecule has 130 valence electrons. The van der Waals surface area contributed by atoms with Crippen molar-refractivity contribution >= 4 is 28.1 Å². The van der Waals surface area contributed by atoms with E-state index in [9.17, 15) is 4.79 Å². The SMILES string of the molecule is O=C(NN=Cc1ccccc1OCc1ccc(Br)cc1)c1cccnc1. The van der Waals surface area contributed by atoms with Crippen LogP contribution >= 0.6 is 15.9 Å². The molecule has 6 heteroatoms. The van der Waals surface area contributed by atoms with Crippen molar-refractivity contribution in [1.82, 2.24) is 10.4 Å². The number of nitrogens with one attached hydrogen (secondary N) is 1. The third-order valence-corrected chi connectivity index (χ3v) is 4.05. The van der Waals surface area contributed by atoms with Crippen molar-refractivity contribution in [2.75, 3.05) is 0 Å². The first kappa shape index (κ1) is 17.8. The molecule has 0 aliphatic carbocycles. The highest BCUT2D eigenvalue weighted by Crippen LogP contribution is 2.18. The highest BCUT2D eigenvalue weighted by molar-refractivity contribution is 9.10. The van der Waals surface area contributed by atoms with Gasteiger partial charge < -0.3 is 4.74 Å². The van der Waals surface area contributed by atoms with Crippen molar-refractivity contribution in [1.29, 1.82) is 0 Å². The topological polar surface area (TPSA) is 63.6 Å². The Bertz CT molecular complexity index is 896.